The minimum Gasteiger partial charge on any atom is -0.467 e. The molecule has 0 saturated carbocycles. The van der Waals surface area contributed by atoms with E-state index in [0.717, 1.165) is 43.2 Å². The van der Waals surface area contributed by atoms with Gasteiger partial charge in [-0.15, -0.1) is 0 Å². The molecule has 1 aromatic heterocycles. The Labute approximate surface area is 260 Å². The number of hydrogen-bond acceptors (Lipinski definition) is 9. The number of piperazine rings is 1. The van der Waals surface area contributed by atoms with Gasteiger partial charge in [0.1, 0.15) is 5.82 Å². The van der Waals surface area contributed by atoms with Crippen LogP contribution in [0.2, 0.25) is 0 Å². The first kappa shape index (κ1) is 31.2. The minimum absolute atomic E-state index is 0.141. The van der Waals surface area contributed by atoms with Gasteiger partial charge in [0.2, 0.25) is 5.91 Å². The number of benzene rings is 2. The summed E-state index contributed by atoms with van der Waals surface area (Å²) in [6.45, 7) is 11.4. The number of anilines is 2. The zero-order valence-corrected chi connectivity index (χ0v) is 26.0. The summed E-state index contributed by atoms with van der Waals surface area (Å²) in [6, 6.07) is 17.2. The van der Waals surface area contributed by atoms with Gasteiger partial charge in [0, 0.05) is 56.5 Å². The normalized spacial score (nSPS) is 18.3. The lowest BCUT2D eigenvalue weighted by atomic mass is 10.0. The van der Waals surface area contributed by atoms with Crippen molar-refractivity contribution >= 4 is 28.2 Å². The van der Waals surface area contributed by atoms with Crippen LogP contribution in [-0.2, 0) is 22.5 Å². The van der Waals surface area contributed by atoms with E-state index in [9.17, 15) is 10.1 Å². The molecule has 0 radical (unpaired) electrons. The van der Waals surface area contributed by atoms with Gasteiger partial charge in [-0.1, -0.05) is 43.0 Å². The molecule has 10 heteroatoms. The number of fused-ring (bicyclic) bond motifs is 2. The quantitative estimate of drug-likeness (QED) is 0.356. The first-order valence-electron chi connectivity index (χ1n) is 15.5. The molecule has 10 nitrogen and oxygen atoms in total. The lowest BCUT2D eigenvalue weighted by Gasteiger charge is -2.42. The number of ether oxygens (including phenoxy) is 2. The van der Waals surface area contributed by atoms with Crippen LogP contribution in [0.15, 0.2) is 55.1 Å². The van der Waals surface area contributed by atoms with Crippen molar-refractivity contribution in [2.75, 3.05) is 76.4 Å². The number of carbonyl (C=O) groups is 1. The highest BCUT2D eigenvalue weighted by molar-refractivity contribution is 5.94. The van der Waals surface area contributed by atoms with Crippen LogP contribution < -0.4 is 14.5 Å². The maximum atomic E-state index is 12.3. The van der Waals surface area contributed by atoms with E-state index in [1.807, 2.05) is 0 Å². The van der Waals surface area contributed by atoms with Crippen LogP contribution in [0, 0.1) is 11.3 Å². The van der Waals surface area contributed by atoms with Gasteiger partial charge in [0.15, 0.2) is 0 Å². The zero-order chi connectivity index (χ0) is 30.9. The maximum absolute atomic E-state index is 12.3. The third-order valence-electron chi connectivity index (χ3n) is 8.69. The van der Waals surface area contributed by atoms with Crippen LogP contribution in [0.4, 0.5) is 11.5 Å². The SMILES string of the molecule is C=CC(=O)N1CCN(c2nc(OC)nc3c2CCN(c2cccc4ccccc24)C3)CC1CC#N.COCCN1CCCC1. The summed E-state index contributed by atoms with van der Waals surface area (Å²) in [7, 11) is 3.34. The van der Waals surface area contributed by atoms with Crippen molar-refractivity contribution in [2.45, 2.75) is 38.3 Å². The molecule has 0 bridgehead atoms. The molecule has 232 valence electrons. The molecular weight excluding hydrogens is 554 g/mol. The molecule has 3 aliphatic rings. The largest absolute Gasteiger partial charge is 0.467 e. The Balaban J connectivity index is 0.000000367. The Kier molecular flexibility index (Phi) is 10.6. The highest BCUT2D eigenvalue weighted by atomic mass is 16.5. The number of nitriles is 1. The van der Waals surface area contributed by atoms with Crippen LogP contribution in [0.25, 0.3) is 10.8 Å². The maximum Gasteiger partial charge on any atom is 0.318 e. The molecule has 0 spiro atoms. The second-order valence-electron chi connectivity index (χ2n) is 11.4. The van der Waals surface area contributed by atoms with Crippen molar-refractivity contribution < 1.29 is 14.3 Å². The summed E-state index contributed by atoms with van der Waals surface area (Å²) in [5, 5.41) is 11.8. The number of nitrogens with zero attached hydrogens (tertiary/aromatic N) is 7. The molecule has 0 aliphatic carbocycles. The number of hydrogen-bond donors (Lipinski definition) is 0. The van der Waals surface area contributed by atoms with Gasteiger partial charge in [-0.3, -0.25) is 4.79 Å². The zero-order valence-electron chi connectivity index (χ0n) is 26.0. The topological polar surface area (TPSA) is 98.1 Å². The van der Waals surface area contributed by atoms with Crippen LogP contribution in [0.3, 0.4) is 0 Å². The number of likely N-dealkylation sites (tertiary alicyclic amines) is 1. The summed E-state index contributed by atoms with van der Waals surface area (Å²) in [5.41, 5.74) is 3.26. The van der Waals surface area contributed by atoms with Crippen molar-refractivity contribution in [1.29, 1.82) is 5.26 Å². The van der Waals surface area contributed by atoms with Crippen molar-refractivity contribution in [1.82, 2.24) is 19.8 Å². The van der Waals surface area contributed by atoms with Crippen molar-refractivity contribution in [3.05, 3.63) is 66.4 Å². The standard InChI is InChI=1S/C27H28N6O2.C7H15NO/c1-3-25(34)33-16-15-32(17-20(33)11-13-28)26-22-12-14-31(18-23(22)29-27(30-26)35-2)24-10-6-8-19-7-4-5-9-21(19)24;1-9-7-6-8-4-2-3-5-8/h3-10,20H,1,11-12,14-18H2,2H3;2-7H2,1H3. The molecule has 1 amide bonds. The highest BCUT2D eigenvalue weighted by Crippen LogP contribution is 2.34. The second-order valence-corrected chi connectivity index (χ2v) is 11.4. The fourth-order valence-corrected chi connectivity index (χ4v) is 6.39. The van der Waals surface area contributed by atoms with E-state index >= 15 is 0 Å². The molecule has 44 heavy (non-hydrogen) atoms. The van der Waals surface area contributed by atoms with E-state index in [0.29, 0.717) is 32.2 Å². The highest BCUT2D eigenvalue weighted by Gasteiger charge is 2.33. The number of methoxy groups -OCH3 is 2. The average molecular weight is 598 g/mol. The molecule has 1 atom stereocenters. The van der Waals surface area contributed by atoms with Gasteiger partial charge < -0.3 is 29.1 Å². The van der Waals surface area contributed by atoms with Gasteiger partial charge >= 0.3 is 6.01 Å². The predicted octanol–water partition coefficient (Wildman–Crippen LogP) is 4.05. The lowest BCUT2D eigenvalue weighted by molar-refractivity contribution is -0.128. The third kappa shape index (κ3) is 7.12. The molecule has 2 fully saturated rings. The molecule has 3 aromatic rings. The van der Waals surface area contributed by atoms with E-state index in [-0.39, 0.29) is 18.4 Å². The van der Waals surface area contributed by atoms with E-state index in [4.69, 9.17) is 19.4 Å². The van der Waals surface area contributed by atoms with E-state index in [2.05, 4.69) is 69.8 Å². The number of amides is 1. The summed E-state index contributed by atoms with van der Waals surface area (Å²) in [4.78, 5) is 30.5. The molecule has 3 aliphatic heterocycles. The van der Waals surface area contributed by atoms with Crippen LogP contribution >= 0.6 is 0 Å². The Bertz CT molecular complexity index is 1480. The minimum atomic E-state index is -0.216. The fourth-order valence-electron chi connectivity index (χ4n) is 6.39. The molecule has 2 aromatic carbocycles. The summed E-state index contributed by atoms with van der Waals surface area (Å²) in [6.07, 6.45) is 5.13. The van der Waals surface area contributed by atoms with Gasteiger partial charge in [-0.25, -0.2) is 0 Å². The predicted molar refractivity (Wildman–Crippen MR) is 173 cm³/mol. The van der Waals surface area contributed by atoms with Gasteiger partial charge in [0.25, 0.3) is 0 Å². The second kappa shape index (κ2) is 15.0. The Morgan fingerprint density at radius 1 is 1.05 bits per heavy atom. The number of carbonyl (C=O) groups excluding carboxylic acids is 1. The van der Waals surface area contributed by atoms with Crippen molar-refractivity contribution in [3.8, 4) is 12.1 Å². The monoisotopic (exact) mass is 597 g/mol. The molecule has 4 heterocycles. The number of aromatic nitrogens is 2. The van der Waals surface area contributed by atoms with E-state index in [1.165, 1.54) is 48.5 Å². The third-order valence-corrected chi connectivity index (χ3v) is 8.69. The molecule has 2 saturated heterocycles. The fraction of sp³-hybridized carbons (Fsp3) is 0.471. The van der Waals surface area contributed by atoms with Crippen molar-refractivity contribution in [2.24, 2.45) is 0 Å². The molecule has 6 rings (SSSR count). The van der Waals surface area contributed by atoms with Crippen LogP contribution in [-0.4, -0.2) is 98.4 Å². The molecule has 1 unspecified atom stereocenters. The van der Waals surface area contributed by atoms with Crippen LogP contribution in [0.5, 0.6) is 6.01 Å². The van der Waals surface area contributed by atoms with Crippen LogP contribution in [0.1, 0.15) is 30.5 Å². The van der Waals surface area contributed by atoms with Crippen molar-refractivity contribution in [3.63, 3.8) is 0 Å². The molecule has 0 N–H and O–H groups in total. The van der Waals surface area contributed by atoms with Gasteiger partial charge in [-0.2, -0.15) is 15.2 Å². The summed E-state index contributed by atoms with van der Waals surface area (Å²) in [5.74, 6) is 0.705. The number of rotatable bonds is 8. The Morgan fingerprint density at radius 2 is 1.84 bits per heavy atom. The summed E-state index contributed by atoms with van der Waals surface area (Å²) < 4.78 is 10.4. The average Bonchev–Trinajstić information content (AvgIpc) is 3.60. The van der Waals surface area contributed by atoms with Gasteiger partial charge in [-0.05, 0) is 49.9 Å². The lowest BCUT2D eigenvalue weighted by Crippen LogP contribution is -2.55. The first-order valence-corrected chi connectivity index (χ1v) is 15.5. The van der Waals surface area contributed by atoms with Gasteiger partial charge in [0.05, 0.1) is 44.5 Å². The Hall–Kier alpha value is -4.20. The molecular formula is C34H43N7O3. The summed E-state index contributed by atoms with van der Waals surface area (Å²) >= 11 is 0. The first-order chi connectivity index (χ1) is 21.6. The van der Waals surface area contributed by atoms with E-state index < -0.39 is 0 Å². The van der Waals surface area contributed by atoms with E-state index in [1.54, 1.807) is 19.1 Å². The smallest absolute Gasteiger partial charge is 0.318 e. The Morgan fingerprint density at radius 3 is 2.59 bits per heavy atom.